The van der Waals surface area contributed by atoms with Crippen LogP contribution in [0.5, 0.6) is 5.75 Å². The molecule has 0 fully saturated rings. The zero-order chi connectivity index (χ0) is 41.9. The van der Waals surface area contributed by atoms with E-state index in [0.717, 1.165) is 22.8 Å². The highest BCUT2D eigenvalue weighted by atomic mass is 32.2. The highest BCUT2D eigenvalue weighted by molar-refractivity contribution is 7.87. The number of carbonyl (C=O) groups excluding carboxylic acids is 3. The number of aromatic nitrogens is 1. The lowest BCUT2D eigenvalue weighted by Crippen LogP contribution is -2.29. The monoisotopic (exact) mass is 845 g/mol. The maximum atomic E-state index is 14.4. The molecular formula is C38H27N3O14S3. The standard InChI is InChI=1S/C38H27N3O14S3/c1-41-28-15-14-25(39-26-17-27(30(58(52,53)54)18-29(26)57(49,50)51)40-31(42)19-55-21-9-3-2-4-10-21)33-34(28)32(23-12-5-6-13-24(23)37(33)44)35(38(41)45)36(43)20-8-7-11-22(16-20)56(46,47)48/h2-18,39H,19H2,1H3,(H,40,42)(H,46,47,48)(H,49,50,51)(H,52,53,54). The van der Waals surface area contributed by atoms with Crippen molar-refractivity contribution in [2.24, 2.45) is 7.05 Å². The van der Waals surface area contributed by atoms with Crippen LogP contribution in [-0.2, 0) is 42.2 Å². The summed E-state index contributed by atoms with van der Waals surface area (Å²) in [6.45, 7) is -0.664. The van der Waals surface area contributed by atoms with Crippen molar-refractivity contribution >= 4 is 75.8 Å². The lowest BCUT2D eigenvalue weighted by molar-refractivity contribution is -0.118. The van der Waals surface area contributed by atoms with Crippen LogP contribution in [0, 0.1) is 0 Å². The van der Waals surface area contributed by atoms with Crippen LogP contribution in [0.2, 0.25) is 0 Å². The average molecular weight is 846 g/mol. The maximum absolute atomic E-state index is 14.4. The fourth-order valence-electron chi connectivity index (χ4n) is 6.61. The fourth-order valence-corrected chi connectivity index (χ4v) is 8.52. The summed E-state index contributed by atoms with van der Waals surface area (Å²) in [6.07, 6.45) is 0. The van der Waals surface area contributed by atoms with Gasteiger partial charge in [-0.1, -0.05) is 54.6 Å². The summed E-state index contributed by atoms with van der Waals surface area (Å²) in [5.41, 5.74) is -3.07. The van der Waals surface area contributed by atoms with Gasteiger partial charge in [-0.15, -0.1) is 0 Å². The van der Waals surface area contributed by atoms with Crippen LogP contribution in [0.15, 0.2) is 123 Å². The number of pyridine rings is 1. The molecule has 7 rings (SSSR count). The Morgan fingerprint density at radius 3 is 1.97 bits per heavy atom. The first-order valence-corrected chi connectivity index (χ1v) is 20.9. The van der Waals surface area contributed by atoms with E-state index in [4.69, 9.17) is 4.74 Å². The molecule has 58 heavy (non-hydrogen) atoms. The molecule has 0 saturated heterocycles. The number of fused-ring (bicyclic) bond motifs is 2. The van der Waals surface area contributed by atoms with Crippen molar-refractivity contribution in [3.8, 4) is 16.9 Å². The van der Waals surface area contributed by atoms with Crippen LogP contribution in [-0.4, -0.2) is 67.6 Å². The van der Waals surface area contributed by atoms with Gasteiger partial charge in [-0.3, -0.25) is 32.8 Å². The highest BCUT2D eigenvalue weighted by Gasteiger charge is 2.35. The van der Waals surface area contributed by atoms with E-state index < -0.39 is 91.6 Å². The maximum Gasteiger partial charge on any atom is 0.296 e. The molecule has 5 aromatic carbocycles. The molecule has 0 unspecified atom stereocenters. The van der Waals surface area contributed by atoms with Crippen molar-refractivity contribution in [2.75, 3.05) is 17.2 Å². The Hall–Kier alpha value is -6.55. The molecule has 1 amide bonds. The minimum atomic E-state index is -5.33. The van der Waals surface area contributed by atoms with Gasteiger partial charge < -0.3 is 19.9 Å². The number of aryl methyl sites for hydroxylation is 1. The number of ether oxygens (including phenoxy) is 1. The quantitative estimate of drug-likeness (QED) is 0.0887. The molecule has 5 N–H and O–H groups in total. The van der Waals surface area contributed by atoms with E-state index in [-0.39, 0.29) is 50.2 Å². The molecule has 0 aliphatic heterocycles. The van der Waals surface area contributed by atoms with Crippen LogP contribution in [0.4, 0.5) is 17.1 Å². The zero-order valence-electron chi connectivity index (χ0n) is 29.5. The third-order valence-corrected chi connectivity index (χ3v) is 11.8. The van der Waals surface area contributed by atoms with Crippen molar-refractivity contribution in [2.45, 2.75) is 14.7 Å². The largest absolute Gasteiger partial charge is 0.484 e. The van der Waals surface area contributed by atoms with Crippen LogP contribution < -0.4 is 20.9 Å². The van der Waals surface area contributed by atoms with Gasteiger partial charge in [0.2, 0.25) is 0 Å². The van der Waals surface area contributed by atoms with E-state index in [1.165, 1.54) is 49.5 Å². The third kappa shape index (κ3) is 7.26. The van der Waals surface area contributed by atoms with Crippen LogP contribution in [0.3, 0.4) is 0 Å². The lowest BCUT2D eigenvalue weighted by Gasteiger charge is -2.26. The number of nitrogens with one attached hydrogen (secondary N) is 2. The zero-order valence-corrected chi connectivity index (χ0v) is 32.0. The van der Waals surface area contributed by atoms with E-state index in [1.54, 1.807) is 36.4 Å². The first-order valence-electron chi connectivity index (χ1n) is 16.6. The highest BCUT2D eigenvalue weighted by Crippen LogP contribution is 2.45. The number of carbonyl (C=O) groups is 3. The third-order valence-electron chi connectivity index (χ3n) is 9.15. The number of anilines is 3. The van der Waals surface area contributed by atoms with Crippen molar-refractivity contribution in [3.63, 3.8) is 0 Å². The summed E-state index contributed by atoms with van der Waals surface area (Å²) >= 11 is 0. The normalized spacial score (nSPS) is 12.5. The second-order valence-corrected chi connectivity index (χ2v) is 17.0. The topological polar surface area (TPSA) is 270 Å². The second-order valence-electron chi connectivity index (χ2n) is 12.8. The van der Waals surface area contributed by atoms with Gasteiger partial charge in [0.05, 0.1) is 38.6 Å². The lowest BCUT2D eigenvalue weighted by atomic mass is 9.80. The molecule has 0 atom stereocenters. The van der Waals surface area contributed by atoms with Crippen LogP contribution >= 0.6 is 0 Å². The molecule has 0 saturated carbocycles. The number of para-hydroxylation sites is 1. The number of nitrogens with zero attached hydrogens (tertiary/aromatic N) is 1. The molecule has 0 radical (unpaired) electrons. The van der Waals surface area contributed by atoms with Gasteiger partial charge >= 0.3 is 0 Å². The number of rotatable bonds is 11. The Balaban J connectivity index is 1.44. The predicted molar refractivity (Wildman–Crippen MR) is 208 cm³/mol. The van der Waals surface area contributed by atoms with Gasteiger partial charge in [0.15, 0.2) is 18.2 Å². The summed E-state index contributed by atoms with van der Waals surface area (Å²) in [6, 6.07) is 22.1. The molecule has 1 aromatic heterocycles. The van der Waals surface area contributed by atoms with Crippen molar-refractivity contribution in [3.05, 3.63) is 136 Å². The number of benzene rings is 5. The predicted octanol–water partition coefficient (Wildman–Crippen LogP) is 4.48. The summed E-state index contributed by atoms with van der Waals surface area (Å²) in [5, 5.41) is 4.97. The summed E-state index contributed by atoms with van der Waals surface area (Å²) in [4.78, 5) is 52.8. The van der Waals surface area contributed by atoms with Crippen molar-refractivity contribution < 1.29 is 58.0 Å². The summed E-state index contributed by atoms with van der Waals surface area (Å²) < 4.78 is 111. The molecule has 17 nitrogen and oxygen atoms in total. The molecule has 20 heteroatoms. The molecule has 296 valence electrons. The van der Waals surface area contributed by atoms with Crippen molar-refractivity contribution in [1.29, 1.82) is 0 Å². The van der Waals surface area contributed by atoms with E-state index in [9.17, 15) is 58.1 Å². The van der Waals surface area contributed by atoms with Crippen molar-refractivity contribution in [1.82, 2.24) is 4.57 Å². The smallest absolute Gasteiger partial charge is 0.296 e. The van der Waals surface area contributed by atoms with Gasteiger partial charge in [-0.25, -0.2) is 0 Å². The Labute approximate surface area is 328 Å². The van der Waals surface area contributed by atoms with Crippen LogP contribution in [0.1, 0.15) is 31.8 Å². The first kappa shape index (κ1) is 39.7. The molecule has 1 aliphatic carbocycles. The molecule has 0 spiro atoms. The average Bonchev–Trinajstić information content (AvgIpc) is 3.17. The SMILES string of the molecule is Cn1c(=O)c(C(=O)c2cccc(S(=O)(=O)O)c2)c2c3c(c(Nc4cc(NC(=O)COc5ccccc5)c(S(=O)(=O)O)cc4S(=O)(=O)O)ccc31)C(=O)c1ccccc1-2. The van der Waals surface area contributed by atoms with E-state index >= 15 is 0 Å². The second kappa shape index (κ2) is 14.4. The number of amides is 1. The number of hydrogen-bond donors (Lipinski definition) is 5. The van der Waals surface area contributed by atoms with Gasteiger partial charge in [0.25, 0.3) is 41.8 Å². The summed E-state index contributed by atoms with van der Waals surface area (Å²) in [5.74, 6) is -2.32. The number of hydrogen-bond acceptors (Lipinski definition) is 12. The molecule has 1 aliphatic rings. The van der Waals surface area contributed by atoms with Gasteiger partial charge in [0, 0.05) is 29.1 Å². The fraction of sp³-hybridized carbons (Fsp3) is 0.0526. The first-order chi connectivity index (χ1) is 27.3. The van der Waals surface area contributed by atoms with E-state index in [1.807, 2.05) is 0 Å². The van der Waals surface area contributed by atoms with Gasteiger partial charge in [-0.2, -0.15) is 25.3 Å². The minimum Gasteiger partial charge on any atom is -0.484 e. The Morgan fingerprint density at radius 2 is 1.31 bits per heavy atom. The number of ketones is 2. The Kier molecular flexibility index (Phi) is 9.87. The molecule has 0 bridgehead atoms. The minimum absolute atomic E-state index is 0.0115. The molecular weight excluding hydrogens is 819 g/mol. The Bertz CT molecular complexity index is 3180. The van der Waals surface area contributed by atoms with Crippen LogP contribution in [0.25, 0.3) is 22.0 Å². The van der Waals surface area contributed by atoms with E-state index in [2.05, 4.69) is 10.6 Å². The molecule has 6 aromatic rings. The summed E-state index contributed by atoms with van der Waals surface area (Å²) in [7, 11) is -14.1. The van der Waals surface area contributed by atoms with E-state index in [0.29, 0.717) is 6.07 Å². The van der Waals surface area contributed by atoms with Gasteiger partial charge in [-0.05, 0) is 54.1 Å². The Morgan fingerprint density at radius 1 is 0.672 bits per heavy atom. The molecule has 1 heterocycles. The van der Waals surface area contributed by atoms with Gasteiger partial charge in [0.1, 0.15) is 15.5 Å².